The van der Waals surface area contributed by atoms with Crippen LogP contribution in [0.15, 0.2) is 29.3 Å². The van der Waals surface area contributed by atoms with Gasteiger partial charge in [-0.05, 0) is 26.0 Å². The lowest BCUT2D eigenvalue weighted by atomic mass is 10.1. The van der Waals surface area contributed by atoms with Crippen molar-refractivity contribution in [1.82, 2.24) is 0 Å². The molecule has 1 aromatic heterocycles. The van der Waals surface area contributed by atoms with Crippen molar-refractivity contribution in [2.45, 2.75) is 43.9 Å². The first-order valence-electron chi connectivity index (χ1n) is 6.46. The van der Waals surface area contributed by atoms with Gasteiger partial charge in [0.1, 0.15) is 0 Å². The summed E-state index contributed by atoms with van der Waals surface area (Å²) in [6.07, 6.45) is 2.11. The Hall–Kier alpha value is -1.42. The fraction of sp³-hybridized carbons (Fsp3) is 0.400. The highest BCUT2D eigenvalue weighted by Gasteiger charge is 2.18. The first-order valence-corrected chi connectivity index (χ1v) is 7.34. The minimum Gasteiger partial charge on any atom is -0.504 e. The molecule has 0 spiro atoms. The van der Waals surface area contributed by atoms with Crippen molar-refractivity contribution >= 4 is 22.7 Å². The predicted octanol–water partition coefficient (Wildman–Crippen LogP) is 3.62. The summed E-state index contributed by atoms with van der Waals surface area (Å²) in [6.45, 7) is 8.52. The summed E-state index contributed by atoms with van der Waals surface area (Å²) in [4.78, 5) is 1.17. The third-order valence-corrected chi connectivity index (χ3v) is 3.86. The summed E-state index contributed by atoms with van der Waals surface area (Å²) in [5.74, 6) is -0.152. The number of fused-ring (bicyclic) bond motifs is 1. The molecule has 0 radical (unpaired) electrons. The molecular formula is C15H20NO2S+. The van der Waals surface area contributed by atoms with Gasteiger partial charge in [-0.2, -0.15) is 4.57 Å². The number of hydrogen-bond acceptors (Lipinski definition) is 3. The van der Waals surface area contributed by atoms with Crippen LogP contribution in [0, 0.1) is 0 Å². The van der Waals surface area contributed by atoms with E-state index in [1.807, 2.05) is 0 Å². The lowest BCUT2D eigenvalue weighted by Crippen LogP contribution is -2.36. The quantitative estimate of drug-likeness (QED) is 0.512. The number of rotatable bonds is 3. The molecule has 19 heavy (non-hydrogen) atoms. The Balaban J connectivity index is 2.68. The van der Waals surface area contributed by atoms with Gasteiger partial charge in [0, 0.05) is 5.25 Å². The maximum atomic E-state index is 9.67. The molecule has 102 valence electrons. The molecule has 2 rings (SSSR count). The van der Waals surface area contributed by atoms with Crippen LogP contribution in [0.1, 0.15) is 33.7 Å². The van der Waals surface area contributed by atoms with Gasteiger partial charge in [-0.15, -0.1) is 11.8 Å². The molecule has 0 unspecified atom stereocenters. The highest BCUT2D eigenvalue weighted by molar-refractivity contribution is 7.99. The van der Waals surface area contributed by atoms with Crippen LogP contribution in [-0.4, -0.2) is 15.5 Å². The summed E-state index contributed by atoms with van der Waals surface area (Å²) in [5, 5.41) is 20.8. The molecule has 3 nitrogen and oxygen atoms in total. The zero-order chi connectivity index (χ0) is 14.2. The molecular weight excluding hydrogens is 258 g/mol. The fourth-order valence-electron chi connectivity index (χ4n) is 2.08. The van der Waals surface area contributed by atoms with Crippen LogP contribution in [0.5, 0.6) is 11.5 Å². The van der Waals surface area contributed by atoms with Crippen molar-refractivity contribution in [3.63, 3.8) is 0 Å². The molecule has 1 aromatic carbocycles. The van der Waals surface area contributed by atoms with E-state index in [-0.39, 0.29) is 11.5 Å². The molecule has 2 N–H and O–H groups in total. The number of pyridine rings is 1. The molecule has 2 aromatic rings. The molecule has 4 heteroatoms. The summed E-state index contributed by atoms with van der Waals surface area (Å²) in [6, 6.07) is 5.58. The second kappa shape index (κ2) is 5.29. The number of nitrogens with zero attached hydrogens (tertiary/aromatic N) is 1. The van der Waals surface area contributed by atoms with Crippen molar-refractivity contribution in [3.05, 3.63) is 24.4 Å². The van der Waals surface area contributed by atoms with Gasteiger partial charge in [0.05, 0.1) is 16.3 Å². The Bertz CT molecular complexity index is 609. The van der Waals surface area contributed by atoms with E-state index >= 15 is 0 Å². The third-order valence-electron chi connectivity index (χ3n) is 2.89. The normalized spacial score (nSPS) is 11.7. The van der Waals surface area contributed by atoms with Gasteiger partial charge in [-0.1, -0.05) is 13.8 Å². The number of aromatic hydroxyl groups is 2. The van der Waals surface area contributed by atoms with Crippen molar-refractivity contribution in [2.75, 3.05) is 0 Å². The smallest absolute Gasteiger partial charge is 0.216 e. The fourth-order valence-corrected chi connectivity index (χ4v) is 3.00. The molecule has 0 aliphatic heterocycles. The van der Waals surface area contributed by atoms with E-state index in [4.69, 9.17) is 0 Å². The Morgan fingerprint density at radius 2 is 1.63 bits per heavy atom. The van der Waals surface area contributed by atoms with E-state index in [2.05, 4.69) is 44.5 Å². The second-order valence-corrected chi connectivity index (χ2v) is 6.89. The maximum Gasteiger partial charge on any atom is 0.216 e. The highest BCUT2D eigenvalue weighted by atomic mass is 32.2. The third kappa shape index (κ3) is 2.95. The average Bonchev–Trinajstić information content (AvgIpc) is 2.29. The summed E-state index contributed by atoms with van der Waals surface area (Å²) >= 11 is 1.79. The molecule has 0 amide bonds. The minimum atomic E-state index is -0.0776. The van der Waals surface area contributed by atoms with Crippen LogP contribution in [-0.2, 0) is 0 Å². The molecule has 0 bridgehead atoms. The first kappa shape index (κ1) is 14.0. The standard InChI is InChI=1S/C15H19NO2S/c1-9(2)16-8-12(19-10(3)4)5-11-6-14(17)15(18)7-13(11)16/h5-10,17H,1-4H3/p+1. The van der Waals surface area contributed by atoms with Crippen molar-refractivity contribution in [2.24, 2.45) is 0 Å². The highest BCUT2D eigenvalue weighted by Crippen LogP contribution is 2.32. The molecule has 0 aliphatic carbocycles. The van der Waals surface area contributed by atoms with Crippen LogP contribution in [0.3, 0.4) is 0 Å². The number of benzene rings is 1. The molecule has 1 heterocycles. The maximum absolute atomic E-state index is 9.67. The lowest BCUT2D eigenvalue weighted by molar-refractivity contribution is -0.693. The van der Waals surface area contributed by atoms with Crippen molar-refractivity contribution < 1.29 is 14.8 Å². The van der Waals surface area contributed by atoms with Crippen LogP contribution in [0.4, 0.5) is 0 Å². The number of thioether (sulfide) groups is 1. The summed E-state index contributed by atoms with van der Waals surface area (Å²) in [7, 11) is 0. The summed E-state index contributed by atoms with van der Waals surface area (Å²) < 4.78 is 2.12. The number of aromatic nitrogens is 1. The van der Waals surface area contributed by atoms with Gasteiger partial charge < -0.3 is 10.2 Å². The van der Waals surface area contributed by atoms with E-state index in [0.29, 0.717) is 11.3 Å². The average molecular weight is 278 g/mol. The molecule has 0 atom stereocenters. The monoisotopic (exact) mass is 278 g/mol. The Morgan fingerprint density at radius 3 is 2.21 bits per heavy atom. The van der Waals surface area contributed by atoms with Gasteiger partial charge in [-0.3, -0.25) is 0 Å². The molecule has 0 aliphatic rings. The molecule has 0 saturated heterocycles. The van der Waals surface area contributed by atoms with E-state index in [9.17, 15) is 10.2 Å². The number of hydrogen-bond donors (Lipinski definition) is 2. The van der Waals surface area contributed by atoms with E-state index in [1.165, 1.54) is 4.90 Å². The lowest BCUT2D eigenvalue weighted by Gasteiger charge is -2.10. The zero-order valence-electron chi connectivity index (χ0n) is 11.7. The van der Waals surface area contributed by atoms with Crippen molar-refractivity contribution in [1.29, 1.82) is 0 Å². The predicted molar refractivity (Wildman–Crippen MR) is 78.9 cm³/mol. The van der Waals surface area contributed by atoms with Crippen LogP contribution < -0.4 is 4.57 Å². The van der Waals surface area contributed by atoms with Gasteiger partial charge in [0.2, 0.25) is 5.52 Å². The Kier molecular flexibility index (Phi) is 3.90. The van der Waals surface area contributed by atoms with Gasteiger partial charge >= 0.3 is 0 Å². The number of phenolic OH excluding ortho intramolecular Hbond substituents is 2. The van der Waals surface area contributed by atoms with Gasteiger partial charge in [-0.25, -0.2) is 0 Å². The number of phenols is 2. The largest absolute Gasteiger partial charge is 0.504 e. The summed E-state index contributed by atoms with van der Waals surface area (Å²) in [5.41, 5.74) is 0.929. The van der Waals surface area contributed by atoms with Crippen LogP contribution in [0.25, 0.3) is 10.9 Å². The SMILES string of the molecule is CC(C)Sc1cc2cc(O)c(O)cc2[n+](C(C)C)c1. The second-order valence-electron chi connectivity index (χ2n) is 5.24. The van der Waals surface area contributed by atoms with E-state index in [1.54, 1.807) is 23.9 Å². The van der Waals surface area contributed by atoms with Crippen molar-refractivity contribution in [3.8, 4) is 11.5 Å². The zero-order valence-corrected chi connectivity index (χ0v) is 12.5. The van der Waals surface area contributed by atoms with Gasteiger partial charge in [0.25, 0.3) is 0 Å². The topological polar surface area (TPSA) is 44.3 Å². The van der Waals surface area contributed by atoms with E-state index < -0.39 is 0 Å². The molecule has 0 saturated carbocycles. The van der Waals surface area contributed by atoms with Gasteiger partial charge in [0.15, 0.2) is 23.7 Å². The Labute approximate surface area is 117 Å². The molecule has 0 fully saturated rings. The minimum absolute atomic E-state index is 0.0745. The first-order chi connectivity index (χ1) is 8.88. The van der Waals surface area contributed by atoms with Crippen LogP contribution in [0.2, 0.25) is 0 Å². The van der Waals surface area contributed by atoms with E-state index in [0.717, 1.165) is 10.9 Å². The van der Waals surface area contributed by atoms with Crippen LogP contribution >= 0.6 is 11.8 Å². The Morgan fingerprint density at radius 1 is 1.00 bits per heavy atom.